The molecule has 2 aromatic rings. The van der Waals surface area contributed by atoms with Crippen LogP contribution < -0.4 is 0 Å². The van der Waals surface area contributed by atoms with Crippen molar-refractivity contribution in [2.24, 2.45) is 11.3 Å². The summed E-state index contributed by atoms with van der Waals surface area (Å²) < 4.78 is 1.66. The van der Waals surface area contributed by atoms with Gasteiger partial charge in [-0.3, -0.25) is 9.59 Å². The van der Waals surface area contributed by atoms with Crippen molar-refractivity contribution in [3.05, 3.63) is 48.3 Å². The number of carboxylic acids is 1. The minimum Gasteiger partial charge on any atom is -0.481 e. The SMILES string of the molecule is O=C(c1ccccc1-n1cccn1)N1C[C@@H]2CCC[C@@]2(C(=O)O)C1. The lowest BCUT2D eigenvalue weighted by molar-refractivity contribution is -0.149. The average Bonchev–Trinajstić information content (AvgIpc) is 3.29. The molecule has 0 radical (unpaired) electrons. The van der Waals surface area contributed by atoms with Gasteiger partial charge >= 0.3 is 5.97 Å². The molecule has 4 rings (SSSR count). The molecular formula is C18H19N3O3. The van der Waals surface area contributed by atoms with Crippen LogP contribution in [0.15, 0.2) is 42.7 Å². The molecule has 124 valence electrons. The van der Waals surface area contributed by atoms with E-state index < -0.39 is 11.4 Å². The van der Waals surface area contributed by atoms with Crippen molar-refractivity contribution in [3.8, 4) is 5.69 Å². The Morgan fingerprint density at radius 3 is 2.79 bits per heavy atom. The summed E-state index contributed by atoms with van der Waals surface area (Å²) in [5, 5.41) is 13.9. The number of para-hydroxylation sites is 1. The standard InChI is InChI=1S/C18H19N3O3/c22-16(14-6-1-2-7-15(14)21-10-4-9-19-21)20-11-13-5-3-8-18(13,12-20)17(23)24/h1-2,4,6-7,9-10,13H,3,5,8,11-12H2,(H,23,24)/t13-,18+/m0/s1. The Morgan fingerprint density at radius 2 is 2.08 bits per heavy atom. The molecule has 2 fully saturated rings. The number of carboxylic acid groups (broad SMARTS) is 1. The Hall–Kier alpha value is -2.63. The molecule has 0 unspecified atom stereocenters. The number of amides is 1. The molecule has 2 heterocycles. The first-order chi connectivity index (χ1) is 11.6. The number of nitrogens with zero attached hydrogens (tertiary/aromatic N) is 3. The zero-order valence-electron chi connectivity index (χ0n) is 13.3. The Morgan fingerprint density at radius 1 is 1.25 bits per heavy atom. The molecule has 1 N–H and O–H groups in total. The number of aromatic nitrogens is 2. The van der Waals surface area contributed by atoms with E-state index in [0.29, 0.717) is 30.8 Å². The number of likely N-dealkylation sites (tertiary alicyclic amines) is 1. The number of fused-ring (bicyclic) bond motifs is 1. The molecule has 1 saturated carbocycles. The maximum absolute atomic E-state index is 13.1. The number of hydrogen-bond donors (Lipinski definition) is 1. The number of benzene rings is 1. The third kappa shape index (κ3) is 2.13. The zero-order valence-corrected chi connectivity index (χ0v) is 13.3. The van der Waals surface area contributed by atoms with Gasteiger partial charge < -0.3 is 10.0 Å². The first-order valence-corrected chi connectivity index (χ1v) is 8.23. The fourth-order valence-electron chi connectivity index (χ4n) is 4.23. The quantitative estimate of drug-likeness (QED) is 0.939. The van der Waals surface area contributed by atoms with E-state index >= 15 is 0 Å². The van der Waals surface area contributed by atoms with Crippen molar-refractivity contribution >= 4 is 11.9 Å². The molecule has 0 bridgehead atoms. The van der Waals surface area contributed by atoms with Crippen molar-refractivity contribution in [3.63, 3.8) is 0 Å². The summed E-state index contributed by atoms with van der Waals surface area (Å²) in [7, 11) is 0. The van der Waals surface area contributed by atoms with E-state index in [9.17, 15) is 14.7 Å². The van der Waals surface area contributed by atoms with Crippen LogP contribution in [-0.4, -0.2) is 44.8 Å². The second-order valence-corrected chi connectivity index (χ2v) is 6.70. The zero-order chi connectivity index (χ0) is 16.7. The lowest BCUT2D eigenvalue weighted by atomic mass is 9.81. The van der Waals surface area contributed by atoms with Crippen molar-refractivity contribution in [2.75, 3.05) is 13.1 Å². The van der Waals surface area contributed by atoms with Gasteiger partial charge in [-0.1, -0.05) is 18.6 Å². The molecule has 1 aromatic heterocycles. The van der Waals surface area contributed by atoms with E-state index in [-0.39, 0.29) is 11.8 Å². The van der Waals surface area contributed by atoms with Crippen molar-refractivity contribution in [1.29, 1.82) is 0 Å². The average molecular weight is 325 g/mol. The van der Waals surface area contributed by atoms with E-state index in [2.05, 4.69) is 5.10 Å². The second kappa shape index (κ2) is 5.47. The normalized spacial score (nSPS) is 25.7. The molecule has 2 aliphatic rings. The molecule has 0 spiro atoms. The highest BCUT2D eigenvalue weighted by molar-refractivity contribution is 5.98. The van der Waals surface area contributed by atoms with Crippen molar-refractivity contribution in [1.82, 2.24) is 14.7 Å². The van der Waals surface area contributed by atoms with Crippen LogP contribution in [0.25, 0.3) is 5.69 Å². The van der Waals surface area contributed by atoms with E-state index in [1.165, 1.54) is 0 Å². The maximum atomic E-state index is 13.1. The van der Waals surface area contributed by atoms with Gasteiger partial charge in [0.1, 0.15) is 0 Å². The van der Waals surface area contributed by atoms with Crippen LogP contribution in [0.2, 0.25) is 0 Å². The number of carbonyl (C=O) groups is 2. The van der Waals surface area contributed by atoms with E-state index in [4.69, 9.17) is 0 Å². The first-order valence-electron chi connectivity index (χ1n) is 8.23. The minimum absolute atomic E-state index is 0.0656. The van der Waals surface area contributed by atoms with Crippen molar-refractivity contribution in [2.45, 2.75) is 19.3 Å². The van der Waals surface area contributed by atoms with Crippen LogP contribution in [0.4, 0.5) is 0 Å². The van der Waals surface area contributed by atoms with Crippen LogP contribution in [0.5, 0.6) is 0 Å². The summed E-state index contributed by atoms with van der Waals surface area (Å²) in [6, 6.07) is 9.13. The third-order valence-electron chi connectivity index (χ3n) is 5.47. The second-order valence-electron chi connectivity index (χ2n) is 6.70. The summed E-state index contributed by atoms with van der Waals surface area (Å²) in [6.45, 7) is 0.831. The highest BCUT2D eigenvalue weighted by Crippen LogP contribution is 2.49. The van der Waals surface area contributed by atoms with Gasteiger partial charge in [0.2, 0.25) is 0 Å². The number of rotatable bonds is 3. The summed E-state index contributed by atoms with van der Waals surface area (Å²) in [6.07, 6.45) is 5.95. The van der Waals surface area contributed by atoms with E-state index in [0.717, 1.165) is 12.8 Å². The van der Waals surface area contributed by atoms with Gasteiger partial charge in [-0.05, 0) is 37.0 Å². The van der Waals surface area contributed by atoms with Crippen LogP contribution in [0.3, 0.4) is 0 Å². The summed E-state index contributed by atoms with van der Waals surface area (Å²) in [5.41, 5.74) is 0.520. The van der Waals surface area contributed by atoms with Crippen molar-refractivity contribution < 1.29 is 14.7 Å². The van der Waals surface area contributed by atoms with Crippen LogP contribution in [0.1, 0.15) is 29.6 Å². The van der Waals surface area contributed by atoms with E-state index in [1.807, 2.05) is 18.2 Å². The monoisotopic (exact) mass is 325 g/mol. The minimum atomic E-state index is -0.763. The van der Waals surface area contributed by atoms with Gasteiger partial charge in [0.25, 0.3) is 5.91 Å². The Labute approximate surface area is 139 Å². The van der Waals surface area contributed by atoms with Crippen LogP contribution in [-0.2, 0) is 4.79 Å². The lowest BCUT2D eigenvalue weighted by Gasteiger charge is -2.23. The molecule has 1 aromatic carbocycles. The highest BCUT2D eigenvalue weighted by Gasteiger charge is 2.55. The smallest absolute Gasteiger partial charge is 0.311 e. The largest absolute Gasteiger partial charge is 0.481 e. The first kappa shape index (κ1) is 14.9. The molecule has 24 heavy (non-hydrogen) atoms. The Bertz CT molecular complexity index is 787. The number of carbonyl (C=O) groups excluding carboxylic acids is 1. The number of hydrogen-bond acceptors (Lipinski definition) is 3. The Kier molecular flexibility index (Phi) is 3.40. The molecule has 1 amide bonds. The van der Waals surface area contributed by atoms with Gasteiger partial charge in [0.15, 0.2) is 0 Å². The van der Waals surface area contributed by atoms with Crippen LogP contribution >= 0.6 is 0 Å². The molecule has 1 saturated heterocycles. The molecule has 1 aliphatic heterocycles. The van der Waals surface area contributed by atoms with Gasteiger partial charge in [-0.2, -0.15) is 5.10 Å². The molecular weight excluding hydrogens is 306 g/mol. The topological polar surface area (TPSA) is 75.4 Å². The third-order valence-corrected chi connectivity index (χ3v) is 5.47. The molecule has 6 nitrogen and oxygen atoms in total. The number of aliphatic carboxylic acids is 1. The molecule has 2 atom stereocenters. The van der Waals surface area contributed by atoms with E-state index in [1.54, 1.807) is 34.1 Å². The summed E-state index contributed by atoms with van der Waals surface area (Å²) in [5.74, 6) is -0.812. The fraction of sp³-hybridized carbons (Fsp3) is 0.389. The van der Waals surface area contributed by atoms with Gasteiger partial charge in [0, 0.05) is 25.5 Å². The molecule has 1 aliphatic carbocycles. The molecule has 6 heteroatoms. The van der Waals surface area contributed by atoms with Gasteiger partial charge in [-0.25, -0.2) is 4.68 Å². The fourth-order valence-corrected chi connectivity index (χ4v) is 4.23. The van der Waals surface area contributed by atoms with Gasteiger partial charge in [-0.15, -0.1) is 0 Å². The predicted molar refractivity (Wildman–Crippen MR) is 86.9 cm³/mol. The Balaban J connectivity index is 1.66. The summed E-state index contributed by atoms with van der Waals surface area (Å²) in [4.78, 5) is 26.6. The maximum Gasteiger partial charge on any atom is 0.311 e. The predicted octanol–water partition coefficient (Wildman–Crippen LogP) is 2.20. The highest BCUT2D eigenvalue weighted by atomic mass is 16.4. The van der Waals surface area contributed by atoms with Gasteiger partial charge in [0.05, 0.1) is 16.7 Å². The summed E-state index contributed by atoms with van der Waals surface area (Å²) >= 11 is 0. The lowest BCUT2D eigenvalue weighted by Crippen LogP contribution is -2.37. The van der Waals surface area contributed by atoms with Crippen LogP contribution in [0, 0.1) is 11.3 Å².